The Bertz CT molecular complexity index is 369. The van der Waals surface area contributed by atoms with Crippen molar-refractivity contribution in [1.29, 1.82) is 0 Å². The van der Waals surface area contributed by atoms with Crippen molar-refractivity contribution in [2.75, 3.05) is 13.1 Å². The van der Waals surface area contributed by atoms with Crippen molar-refractivity contribution in [1.82, 2.24) is 4.90 Å². The molecular weight excluding hydrogens is 290 g/mol. The summed E-state index contributed by atoms with van der Waals surface area (Å²) in [4.78, 5) is 15.4. The fourth-order valence-corrected chi connectivity index (χ4v) is 5.56. The Hall–Kier alpha value is -0.0500. The monoisotopic (exact) mass is 311 g/mol. The van der Waals surface area contributed by atoms with E-state index < -0.39 is 0 Å². The first-order valence-electron chi connectivity index (χ1n) is 7.59. The number of carbonyl (C=O) groups is 1. The predicted octanol–water partition coefficient (Wildman–Crippen LogP) is 2.91. The lowest BCUT2D eigenvalue weighted by atomic mass is 9.97. The molecule has 6 atom stereocenters. The number of hydrogen-bond donors (Lipinski definition) is 0. The van der Waals surface area contributed by atoms with Gasteiger partial charge in [-0.2, -0.15) is 0 Å². The van der Waals surface area contributed by atoms with Gasteiger partial charge in [-0.25, -0.2) is 0 Å². The van der Waals surface area contributed by atoms with Gasteiger partial charge in [0.2, 0.25) is 5.91 Å². The molecule has 3 heteroatoms. The quantitative estimate of drug-likeness (QED) is 0.682. The molecule has 0 N–H and O–H groups in total. The Morgan fingerprint density at radius 1 is 1.17 bits per heavy atom. The van der Waals surface area contributed by atoms with Gasteiger partial charge in [-0.3, -0.25) is 4.79 Å². The Balaban J connectivity index is 1.43. The van der Waals surface area contributed by atoms with Gasteiger partial charge in [0.05, 0.1) is 0 Å². The molecular formula is C15H22BrNO. The molecule has 1 heterocycles. The van der Waals surface area contributed by atoms with Crippen molar-refractivity contribution in [2.45, 2.75) is 37.4 Å². The van der Waals surface area contributed by atoms with Gasteiger partial charge in [-0.05, 0) is 55.3 Å². The standard InChI is InChI=1S/C15H22BrNO/c1-8-7-17(5-4-11(8)16)15(18)14-12-9-2-3-10(6-9)13(12)14/h8-14H,2-7H2,1H3. The largest absolute Gasteiger partial charge is 0.342 e. The van der Waals surface area contributed by atoms with Crippen molar-refractivity contribution >= 4 is 21.8 Å². The third-order valence-electron chi connectivity index (χ3n) is 6.13. The maximum Gasteiger partial charge on any atom is 0.226 e. The van der Waals surface area contributed by atoms with E-state index in [4.69, 9.17) is 0 Å². The molecule has 4 rings (SSSR count). The van der Waals surface area contributed by atoms with E-state index in [1.165, 1.54) is 19.3 Å². The van der Waals surface area contributed by atoms with E-state index in [0.717, 1.165) is 43.2 Å². The van der Waals surface area contributed by atoms with Gasteiger partial charge in [-0.1, -0.05) is 22.9 Å². The van der Waals surface area contributed by atoms with Crippen LogP contribution in [0.4, 0.5) is 0 Å². The number of likely N-dealkylation sites (tertiary alicyclic amines) is 1. The predicted molar refractivity (Wildman–Crippen MR) is 74.4 cm³/mol. The van der Waals surface area contributed by atoms with Crippen LogP contribution in [-0.4, -0.2) is 28.7 Å². The summed E-state index contributed by atoms with van der Waals surface area (Å²) in [5.41, 5.74) is 0. The summed E-state index contributed by atoms with van der Waals surface area (Å²) < 4.78 is 0. The molecule has 0 aromatic rings. The number of hydrogen-bond acceptors (Lipinski definition) is 1. The van der Waals surface area contributed by atoms with Crippen LogP contribution in [0.2, 0.25) is 0 Å². The van der Waals surface area contributed by atoms with Crippen LogP contribution in [0.3, 0.4) is 0 Å². The van der Waals surface area contributed by atoms with Crippen LogP contribution in [0, 0.1) is 35.5 Å². The van der Waals surface area contributed by atoms with Gasteiger partial charge in [0.15, 0.2) is 0 Å². The zero-order valence-corrected chi connectivity index (χ0v) is 12.6. The Morgan fingerprint density at radius 3 is 2.44 bits per heavy atom. The minimum atomic E-state index is 0.440. The number of halogens is 1. The summed E-state index contributed by atoms with van der Waals surface area (Å²) in [6.07, 6.45) is 5.39. The van der Waals surface area contributed by atoms with Crippen LogP contribution in [0.1, 0.15) is 32.6 Å². The van der Waals surface area contributed by atoms with Gasteiger partial charge < -0.3 is 4.90 Å². The van der Waals surface area contributed by atoms with Crippen LogP contribution in [-0.2, 0) is 4.79 Å². The van der Waals surface area contributed by atoms with Crippen molar-refractivity contribution < 1.29 is 4.79 Å². The maximum absolute atomic E-state index is 12.7. The molecule has 1 amide bonds. The molecule has 2 nitrogen and oxygen atoms in total. The smallest absolute Gasteiger partial charge is 0.226 e. The lowest BCUT2D eigenvalue weighted by Gasteiger charge is -2.35. The zero-order chi connectivity index (χ0) is 12.4. The Labute approximate surface area is 118 Å². The van der Waals surface area contributed by atoms with Crippen molar-refractivity contribution in [3.8, 4) is 0 Å². The number of amides is 1. The SMILES string of the molecule is CC1CN(C(=O)C2C3C4CCC(C4)C23)CCC1Br. The van der Waals surface area contributed by atoms with Gasteiger partial charge in [0.25, 0.3) is 0 Å². The molecule has 6 unspecified atom stereocenters. The van der Waals surface area contributed by atoms with Crippen molar-refractivity contribution in [2.24, 2.45) is 35.5 Å². The van der Waals surface area contributed by atoms with Crippen LogP contribution < -0.4 is 0 Å². The van der Waals surface area contributed by atoms with E-state index in [9.17, 15) is 4.79 Å². The fourth-order valence-electron chi connectivity index (χ4n) is 5.18. The van der Waals surface area contributed by atoms with Crippen molar-refractivity contribution in [3.05, 3.63) is 0 Å². The lowest BCUT2D eigenvalue weighted by Crippen LogP contribution is -2.44. The molecule has 2 bridgehead atoms. The van der Waals surface area contributed by atoms with Crippen LogP contribution in [0.15, 0.2) is 0 Å². The van der Waals surface area contributed by atoms with Gasteiger partial charge in [-0.15, -0.1) is 0 Å². The number of nitrogens with zero attached hydrogens (tertiary/aromatic N) is 1. The second kappa shape index (κ2) is 3.97. The summed E-state index contributed by atoms with van der Waals surface area (Å²) in [5, 5.41) is 0. The number of fused-ring (bicyclic) bond motifs is 5. The van der Waals surface area contributed by atoms with Crippen molar-refractivity contribution in [3.63, 3.8) is 0 Å². The van der Waals surface area contributed by atoms with Gasteiger partial charge >= 0.3 is 0 Å². The molecule has 100 valence electrons. The summed E-state index contributed by atoms with van der Waals surface area (Å²) in [5.74, 6) is 4.99. The van der Waals surface area contributed by atoms with Gasteiger partial charge in [0, 0.05) is 23.8 Å². The van der Waals surface area contributed by atoms with Crippen LogP contribution in [0.25, 0.3) is 0 Å². The molecule has 4 fully saturated rings. The third-order valence-corrected chi connectivity index (χ3v) is 7.49. The first-order valence-corrected chi connectivity index (χ1v) is 8.51. The minimum absolute atomic E-state index is 0.440. The molecule has 1 aliphatic heterocycles. The molecule has 1 saturated heterocycles. The molecule has 3 aliphatic carbocycles. The van der Waals surface area contributed by atoms with Crippen LogP contribution in [0.5, 0.6) is 0 Å². The second-order valence-electron chi connectivity index (χ2n) is 7.08. The maximum atomic E-state index is 12.7. The fraction of sp³-hybridized carbons (Fsp3) is 0.933. The second-order valence-corrected chi connectivity index (χ2v) is 8.26. The van der Waals surface area contributed by atoms with E-state index in [-0.39, 0.29) is 0 Å². The first-order chi connectivity index (χ1) is 8.66. The average Bonchev–Trinajstić information content (AvgIpc) is 2.80. The summed E-state index contributed by atoms with van der Waals surface area (Å²) >= 11 is 3.72. The number of alkyl halides is 1. The van der Waals surface area contributed by atoms with Gasteiger partial charge in [0.1, 0.15) is 0 Å². The molecule has 3 saturated carbocycles. The number of rotatable bonds is 1. The van der Waals surface area contributed by atoms with E-state index in [0.29, 0.717) is 22.6 Å². The Kier molecular flexibility index (Phi) is 2.59. The molecule has 0 aromatic carbocycles. The summed E-state index contributed by atoms with van der Waals surface area (Å²) in [7, 11) is 0. The van der Waals surface area contributed by atoms with E-state index in [1.807, 2.05) is 0 Å². The highest BCUT2D eigenvalue weighted by Crippen LogP contribution is 2.69. The highest BCUT2D eigenvalue weighted by molar-refractivity contribution is 9.09. The molecule has 0 spiro atoms. The first kappa shape index (κ1) is 11.7. The number of piperidine rings is 1. The van der Waals surface area contributed by atoms with Crippen LogP contribution >= 0.6 is 15.9 Å². The third kappa shape index (κ3) is 1.55. The van der Waals surface area contributed by atoms with E-state index in [1.54, 1.807) is 0 Å². The number of carbonyl (C=O) groups excluding carboxylic acids is 1. The van der Waals surface area contributed by atoms with E-state index in [2.05, 4.69) is 27.8 Å². The zero-order valence-electron chi connectivity index (χ0n) is 11.0. The summed E-state index contributed by atoms with van der Waals surface area (Å²) in [6, 6.07) is 0. The minimum Gasteiger partial charge on any atom is -0.342 e. The molecule has 18 heavy (non-hydrogen) atoms. The molecule has 0 radical (unpaired) electrons. The summed E-state index contributed by atoms with van der Waals surface area (Å²) in [6.45, 7) is 4.21. The lowest BCUT2D eigenvalue weighted by molar-refractivity contribution is -0.135. The average molecular weight is 312 g/mol. The van der Waals surface area contributed by atoms with E-state index >= 15 is 0 Å². The molecule has 4 aliphatic rings. The highest BCUT2D eigenvalue weighted by atomic mass is 79.9. The molecule has 0 aromatic heterocycles. The normalized spacial score (nSPS) is 53.4. The highest BCUT2D eigenvalue weighted by Gasteiger charge is 2.68. The Morgan fingerprint density at radius 2 is 1.83 bits per heavy atom. The topological polar surface area (TPSA) is 20.3 Å².